The van der Waals surface area contributed by atoms with E-state index in [1.54, 1.807) is 12.1 Å². The number of piperidine rings is 2. The number of thiol groups is 1. The number of Topliss-reactive ketones (excluding diaryl/α,β-unsaturated/α-hetero) is 1. The van der Waals surface area contributed by atoms with E-state index >= 15 is 0 Å². The summed E-state index contributed by atoms with van der Waals surface area (Å²) < 4.78 is 14.7. The van der Waals surface area contributed by atoms with Crippen LogP contribution in [0, 0.1) is 17.7 Å². The maximum atomic E-state index is 14.7. The first-order valence-electron chi connectivity index (χ1n) is 11.8. The topological polar surface area (TPSA) is 60.9 Å². The molecule has 3 aliphatic rings. The molecule has 1 saturated carbocycles. The number of carboxylic acids is 1. The quantitative estimate of drug-likeness (QED) is 0.371. The van der Waals surface area contributed by atoms with Gasteiger partial charge in [0.15, 0.2) is 5.78 Å². The van der Waals surface area contributed by atoms with Crippen LogP contribution in [0.4, 0.5) is 4.39 Å². The molecule has 4 rings (SSSR count). The minimum absolute atomic E-state index is 0. The van der Waals surface area contributed by atoms with Crippen molar-refractivity contribution in [3.63, 3.8) is 0 Å². The Labute approximate surface area is 219 Å². The molecule has 1 aromatic rings. The van der Waals surface area contributed by atoms with E-state index in [4.69, 9.17) is 17.7 Å². The molecular formula is C25H35Cl2FN2O3S. The number of carbonyl (C=O) groups excluding carboxylic acids is 1. The van der Waals surface area contributed by atoms with Crippen LogP contribution < -0.4 is 0 Å². The molecule has 1 aromatic carbocycles. The molecule has 190 valence electrons. The minimum Gasteiger partial charge on any atom is -0.481 e. The lowest BCUT2D eigenvalue weighted by Crippen LogP contribution is -2.43. The lowest BCUT2D eigenvalue weighted by molar-refractivity contribution is -0.138. The molecule has 5 nitrogen and oxygen atoms in total. The number of benzene rings is 1. The van der Waals surface area contributed by atoms with Gasteiger partial charge in [-0.15, -0.1) is 24.8 Å². The molecule has 9 heteroatoms. The summed E-state index contributed by atoms with van der Waals surface area (Å²) in [7, 11) is 0. The summed E-state index contributed by atoms with van der Waals surface area (Å²) in [6.07, 6.45) is 6.96. The van der Waals surface area contributed by atoms with Crippen LogP contribution in [-0.4, -0.2) is 64.6 Å². The SMILES string of the molecule is Cl.Cl.O=C(O)CC1CCN(C/C=C2\CN(C(C(=O)C3CC3)c3ccccc3F)CCC2S)CC1. The molecule has 0 aromatic heterocycles. The van der Waals surface area contributed by atoms with Crippen molar-refractivity contribution in [1.82, 2.24) is 9.80 Å². The maximum absolute atomic E-state index is 14.7. The Bertz CT molecular complexity index is 875. The largest absolute Gasteiger partial charge is 0.481 e. The van der Waals surface area contributed by atoms with Crippen LogP contribution in [0.15, 0.2) is 35.9 Å². The highest BCUT2D eigenvalue weighted by Gasteiger charge is 2.40. The highest BCUT2D eigenvalue weighted by Crippen LogP contribution is 2.39. The third kappa shape index (κ3) is 7.44. The molecule has 34 heavy (non-hydrogen) atoms. The van der Waals surface area contributed by atoms with Crippen molar-refractivity contribution in [3.8, 4) is 0 Å². The van der Waals surface area contributed by atoms with E-state index in [0.29, 0.717) is 12.1 Å². The van der Waals surface area contributed by atoms with Crippen molar-refractivity contribution < 1.29 is 19.1 Å². The Morgan fingerprint density at radius 3 is 2.38 bits per heavy atom. The van der Waals surface area contributed by atoms with Crippen LogP contribution in [0.5, 0.6) is 0 Å². The second kappa shape index (κ2) is 13.3. The second-order valence-corrected chi connectivity index (χ2v) is 10.1. The van der Waals surface area contributed by atoms with E-state index in [1.165, 1.54) is 11.6 Å². The van der Waals surface area contributed by atoms with E-state index in [0.717, 1.165) is 58.3 Å². The van der Waals surface area contributed by atoms with Gasteiger partial charge >= 0.3 is 5.97 Å². The molecule has 2 saturated heterocycles. The monoisotopic (exact) mass is 532 g/mol. The van der Waals surface area contributed by atoms with E-state index in [9.17, 15) is 14.0 Å². The van der Waals surface area contributed by atoms with E-state index in [1.807, 2.05) is 6.07 Å². The van der Waals surface area contributed by atoms with E-state index < -0.39 is 12.0 Å². The van der Waals surface area contributed by atoms with Gasteiger partial charge < -0.3 is 5.11 Å². The van der Waals surface area contributed by atoms with Gasteiger partial charge in [0, 0.05) is 42.8 Å². The predicted molar refractivity (Wildman–Crippen MR) is 140 cm³/mol. The highest BCUT2D eigenvalue weighted by atomic mass is 35.5. The van der Waals surface area contributed by atoms with Gasteiger partial charge in [0.1, 0.15) is 5.82 Å². The highest BCUT2D eigenvalue weighted by molar-refractivity contribution is 7.81. The van der Waals surface area contributed by atoms with E-state index in [2.05, 4.69) is 15.9 Å². The Balaban J connectivity index is 0.00000204. The normalized spacial score (nSPS) is 24.2. The third-order valence-electron chi connectivity index (χ3n) is 7.10. The number of hydrogen-bond donors (Lipinski definition) is 2. The Kier molecular flexibility index (Phi) is 11.4. The molecule has 2 atom stereocenters. The third-order valence-corrected chi connectivity index (χ3v) is 7.69. The van der Waals surface area contributed by atoms with Gasteiger partial charge in [-0.25, -0.2) is 4.39 Å². The molecule has 1 aliphatic carbocycles. The molecule has 2 aliphatic heterocycles. The van der Waals surface area contributed by atoms with Gasteiger partial charge in [-0.2, -0.15) is 12.6 Å². The smallest absolute Gasteiger partial charge is 0.303 e. The number of hydrogen-bond acceptors (Lipinski definition) is 5. The summed E-state index contributed by atoms with van der Waals surface area (Å²) in [6.45, 7) is 3.97. The van der Waals surface area contributed by atoms with Crippen LogP contribution in [0.1, 0.15) is 50.1 Å². The van der Waals surface area contributed by atoms with Gasteiger partial charge in [-0.1, -0.05) is 24.3 Å². The van der Waals surface area contributed by atoms with E-state index in [-0.39, 0.29) is 59.9 Å². The van der Waals surface area contributed by atoms with Gasteiger partial charge in [0.05, 0.1) is 6.04 Å². The number of carboxylic acid groups (broad SMARTS) is 1. The number of aliphatic carboxylic acids is 1. The minimum atomic E-state index is -0.712. The zero-order chi connectivity index (χ0) is 22.7. The summed E-state index contributed by atoms with van der Waals surface area (Å²) in [6, 6.07) is 6.14. The average molecular weight is 534 g/mol. The van der Waals surface area contributed by atoms with Crippen LogP contribution in [-0.2, 0) is 9.59 Å². The van der Waals surface area contributed by atoms with Crippen LogP contribution in [0.3, 0.4) is 0 Å². The van der Waals surface area contributed by atoms with Gasteiger partial charge in [0.2, 0.25) is 0 Å². The molecular weight excluding hydrogens is 498 g/mol. The van der Waals surface area contributed by atoms with Crippen molar-refractivity contribution in [1.29, 1.82) is 0 Å². The molecule has 3 fully saturated rings. The number of likely N-dealkylation sites (tertiary alicyclic amines) is 2. The number of ketones is 1. The van der Waals surface area contributed by atoms with Crippen LogP contribution in [0.25, 0.3) is 0 Å². The number of rotatable bonds is 8. The first-order valence-corrected chi connectivity index (χ1v) is 12.3. The van der Waals surface area contributed by atoms with Crippen molar-refractivity contribution >= 4 is 49.2 Å². The molecule has 1 N–H and O–H groups in total. The second-order valence-electron chi connectivity index (χ2n) is 9.50. The fourth-order valence-corrected chi connectivity index (χ4v) is 5.30. The van der Waals surface area contributed by atoms with Gasteiger partial charge in [-0.3, -0.25) is 19.4 Å². The Morgan fingerprint density at radius 1 is 1.09 bits per heavy atom. The summed E-state index contributed by atoms with van der Waals surface area (Å²) in [4.78, 5) is 28.6. The first kappa shape index (κ1) is 29.1. The van der Waals surface area contributed by atoms with Gasteiger partial charge in [0.25, 0.3) is 0 Å². The summed E-state index contributed by atoms with van der Waals surface area (Å²) in [5.74, 6) is -0.542. The number of nitrogens with zero attached hydrogens (tertiary/aromatic N) is 2. The molecule has 0 amide bonds. The molecule has 2 heterocycles. The van der Waals surface area contributed by atoms with Gasteiger partial charge in [-0.05, 0) is 62.8 Å². The fourth-order valence-electron chi connectivity index (χ4n) is 5.00. The van der Waals surface area contributed by atoms with Crippen LogP contribution in [0.2, 0.25) is 0 Å². The first-order chi connectivity index (χ1) is 15.4. The standard InChI is InChI=1S/C25H33FN2O3S.2ClH/c26-21-4-2-1-3-20(21)24(25(31)18-5-6-18)28-14-10-22(32)19(16-28)9-13-27-11-7-17(8-12-27)15-23(29)30;;/h1-4,9,17-18,22,24,32H,5-8,10-16H2,(H,29,30);2*1H/b19-9+;;. The number of halogens is 3. The zero-order valence-corrected chi connectivity index (χ0v) is 21.8. The molecule has 0 bridgehead atoms. The number of carbonyl (C=O) groups is 2. The summed E-state index contributed by atoms with van der Waals surface area (Å²) in [5.41, 5.74) is 1.68. The molecule has 0 radical (unpaired) electrons. The van der Waals surface area contributed by atoms with Crippen LogP contribution >= 0.6 is 37.4 Å². The lowest BCUT2D eigenvalue weighted by Gasteiger charge is -2.38. The molecule has 2 unspecified atom stereocenters. The summed E-state index contributed by atoms with van der Waals surface area (Å²) >= 11 is 4.79. The maximum Gasteiger partial charge on any atom is 0.303 e. The summed E-state index contributed by atoms with van der Waals surface area (Å²) in [5, 5.41) is 9.14. The van der Waals surface area contributed by atoms with Crippen molar-refractivity contribution in [2.75, 3.05) is 32.7 Å². The average Bonchev–Trinajstić information content (AvgIpc) is 3.61. The van der Waals surface area contributed by atoms with Crippen molar-refractivity contribution in [2.45, 2.75) is 49.8 Å². The fraction of sp³-hybridized carbons (Fsp3) is 0.600. The predicted octanol–water partition coefficient (Wildman–Crippen LogP) is 4.81. The van der Waals surface area contributed by atoms with Crippen molar-refractivity contribution in [3.05, 3.63) is 47.3 Å². The lowest BCUT2D eigenvalue weighted by atomic mass is 9.93. The van der Waals surface area contributed by atoms with Crippen molar-refractivity contribution in [2.24, 2.45) is 11.8 Å². The Morgan fingerprint density at radius 2 is 1.76 bits per heavy atom. The zero-order valence-electron chi connectivity index (χ0n) is 19.3. The Hall–Kier alpha value is -1.12. The molecule has 0 spiro atoms.